The molecule has 6 nitrogen and oxygen atoms in total. The molecule has 17 heavy (non-hydrogen) atoms. The molecule has 0 aliphatic rings. The van der Waals surface area contributed by atoms with E-state index < -0.39 is 6.61 Å². The third kappa shape index (κ3) is 2.25. The van der Waals surface area contributed by atoms with Gasteiger partial charge in [0.1, 0.15) is 5.75 Å². The molecule has 2 aromatic rings. The van der Waals surface area contributed by atoms with E-state index in [0.717, 1.165) is 4.68 Å². The predicted octanol–water partition coefficient (Wildman–Crippen LogP) is 0.843. The molecule has 0 saturated heterocycles. The summed E-state index contributed by atoms with van der Waals surface area (Å²) in [5.41, 5.74) is 6.01. The third-order valence-electron chi connectivity index (χ3n) is 2.06. The van der Waals surface area contributed by atoms with Gasteiger partial charge in [-0.05, 0) is 24.3 Å². The fourth-order valence-corrected chi connectivity index (χ4v) is 1.29. The second kappa shape index (κ2) is 4.24. The van der Waals surface area contributed by atoms with Crippen LogP contribution in [0.3, 0.4) is 0 Å². The topological polar surface area (TPSA) is 92.0 Å². The van der Waals surface area contributed by atoms with Crippen LogP contribution in [0.15, 0.2) is 24.3 Å². The van der Waals surface area contributed by atoms with E-state index in [2.05, 4.69) is 14.9 Å². The molecule has 90 valence electrons. The summed E-state index contributed by atoms with van der Waals surface area (Å²) < 4.78 is 29.2. The summed E-state index contributed by atoms with van der Waals surface area (Å²) in [5, 5.41) is 7.33. The van der Waals surface area contributed by atoms with Crippen molar-refractivity contribution >= 4 is 5.95 Å². The van der Waals surface area contributed by atoms with Crippen LogP contribution in [-0.4, -0.2) is 21.5 Å². The Balaban J connectivity index is 2.26. The van der Waals surface area contributed by atoms with E-state index in [1.165, 1.54) is 24.3 Å². The number of halogens is 2. The van der Waals surface area contributed by atoms with E-state index in [-0.39, 0.29) is 11.7 Å². The number of aromatic nitrogens is 3. The molecule has 8 heteroatoms. The molecule has 1 heterocycles. The van der Waals surface area contributed by atoms with Crippen LogP contribution in [0.4, 0.5) is 14.7 Å². The minimum Gasteiger partial charge on any atom is -0.435 e. The van der Waals surface area contributed by atoms with E-state index in [1.54, 1.807) is 0 Å². The standard InChI is InChI=1S/C9H9F2N5O/c10-8(11)17-6-3-1-5(2-4-6)7-14-15-9(12)16(7)13/h1-4,8H,13H2,(H2,12,15). The van der Waals surface area contributed by atoms with Gasteiger partial charge in [0.05, 0.1) is 0 Å². The summed E-state index contributed by atoms with van der Waals surface area (Å²) >= 11 is 0. The van der Waals surface area contributed by atoms with Crippen LogP contribution in [-0.2, 0) is 0 Å². The van der Waals surface area contributed by atoms with Gasteiger partial charge in [-0.15, -0.1) is 10.2 Å². The maximum absolute atomic E-state index is 11.9. The Morgan fingerprint density at radius 1 is 1.18 bits per heavy atom. The number of benzene rings is 1. The SMILES string of the molecule is Nc1nnc(-c2ccc(OC(F)F)cc2)n1N. The quantitative estimate of drug-likeness (QED) is 0.777. The summed E-state index contributed by atoms with van der Waals surface area (Å²) in [4.78, 5) is 0. The van der Waals surface area contributed by atoms with Gasteiger partial charge >= 0.3 is 6.61 Å². The zero-order valence-electron chi connectivity index (χ0n) is 8.55. The lowest BCUT2D eigenvalue weighted by Gasteiger charge is -2.05. The Kier molecular flexibility index (Phi) is 2.77. The number of nitrogen functional groups attached to an aromatic ring is 2. The van der Waals surface area contributed by atoms with Crippen molar-refractivity contribution in [1.29, 1.82) is 0 Å². The summed E-state index contributed by atoms with van der Waals surface area (Å²) in [6.07, 6.45) is 0. The average molecular weight is 241 g/mol. The Morgan fingerprint density at radius 2 is 1.82 bits per heavy atom. The van der Waals surface area contributed by atoms with Crippen molar-refractivity contribution in [3.63, 3.8) is 0 Å². The second-order valence-electron chi connectivity index (χ2n) is 3.15. The van der Waals surface area contributed by atoms with Gasteiger partial charge in [-0.25, -0.2) is 4.68 Å². The van der Waals surface area contributed by atoms with Crippen LogP contribution < -0.4 is 16.3 Å². The third-order valence-corrected chi connectivity index (χ3v) is 2.06. The number of rotatable bonds is 3. The van der Waals surface area contributed by atoms with Crippen LogP contribution in [0, 0.1) is 0 Å². The fourth-order valence-electron chi connectivity index (χ4n) is 1.29. The monoisotopic (exact) mass is 241 g/mol. The first-order valence-corrected chi connectivity index (χ1v) is 4.59. The number of nitrogens with two attached hydrogens (primary N) is 2. The van der Waals surface area contributed by atoms with Gasteiger partial charge in [0.2, 0.25) is 5.95 Å². The lowest BCUT2D eigenvalue weighted by atomic mass is 10.2. The normalized spacial score (nSPS) is 10.8. The highest BCUT2D eigenvalue weighted by Gasteiger charge is 2.10. The highest BCUT2D eigenvalue weighted by atomic mass is 19.3. The maximum atomic E-state index is 11.9. The molecule has 0 bridgehead atoms. The molecule has 2 rings (SSSR count). The molecule has 0 unspecified atom stereocenters. The first-order valence-electron chi connectivity index (χ1n) is 4.59. The Bertz CT molecular complexity index is 511. The first-order chi connectivity index (χ1) is 8.08. The van der Waals surface area contributed by atoms with E-state index in [9.17, 15) is 8.78 Å². The van der Waals surface area contributed by atoms with E-state index in [0.29, 0.717) is 11.4 Å². The average Bonchev–Trinajstić information content (AvgIpc) is 2.60. The van der Waals surface area contributed by atoms with Crippen LogP contribution in [0.5, 0.6) is 5.75 Å². The largest absolute Gasteiger partial charge is 0.435 e. The summed E-state index contributed by atoms with van der Waals surface area (Å²) in [6, 6.07) is 5.83. The van der Waals surface area contributed by atoms with Gasteiger partial charge in [0.15, 0.2) is 5.82 Å². The smallest absolute Gasteiger partial charge is 0.387 e. The first kappa shape index (κ1) is 11.1. The Hall–Kier alpha value is -2.38. The summed E-state index contributed by atoms with van der Waals surface area (Å²) in [7, 11) is 0. The second-order valence-corrected chi connectivity index (χ2v) is 3.15. The molecule has 4 N–H and O–H groups in total. The minimum absolute atomic E-state index is 0.0554. The molecule has 1 aromatic carbocycles. The number of ether oxygens (including phenoxy) is 1. The van der Waals surface area contributed by atoms with Crippen LogP contribution in [0.2, 0.25) is 0 Å². The van der Waals surface area contributed by atoms with Crippen LogP contribution in [0.1, 0.15) is 0 Å². The van der Waals surface area contributed by atoms with E-state index >= 15 is 0 Å². The van der Waals surface area contributed by atoms with Crippen molar-refractivity contribution in [3.05, 3.63) is 24.3 Å². The minimum atomic E-state index is -2.85. The van der Waals surface area contributed by atoms with Crippen LogP contribution in [0.25, 0.3) is 11.4 Å². The molecular formula is C9H9F2N5O. The maximum Gasteiger partial charge on any atom is 0.387 e. The molecule has 0 radical (unpaired) electrons. The molecule has 0 aliphatic carbocycles. The molecule has 0 aliphatic heterocycles. The zero-order chi connectivity index (χ0) is 12.4. The number of hydrogen-bond acceptors (Lipinski definition) is 5. The van der Waals surface area contributed by atoms with E-state index in [1.807, 2.05) is 0 Å². The van der Waals surface area contributed by atoms with Gasteiger partial charge in [-0.1, -0.05) is 0 Å². The Morgan fingerprint density at radius 3 is 2.29 bits per heavy atom. The van der Waals surface area contributed by atoms with Crippen molar-refractivity contribution < 1.29 is 13.5 Å². The van der Waals surface area contributed by atoms with Crippen molar-refractivity contribution in [2.24, 2.45) is 0 Å². The molecule has 1 aromatic heterocycles. The highest BCUT2D eigenvalue weighted by molar-refractivity contribution is 5.58. The van der Waals surface area contributed by atoms with Gasteiger partial charge in [-0.2, -0.15) is 8.78 Å². The summed E-state index contributed by atoms with van der Waals surface area (Å²) in [6.45, 7) is -2.85. The highest BCUT2D eigenvalue weighted by Crippen LogP contribution is 2.21. The fraction of sp³-hybridized carbons (Fsp3) is 0.111. The molecule has 0 saturated carbocycles. The number of nitrogens with zero attached hydrogens (tertiary/aromatic N) is 3. The lowest BCUT2D eigenvalue weighted by Crippen LogP contribution is -2.13. The molecule has 0 atom stereocenters. The molecule has 0 spiro atoms. The van der Waals surface area contributed by atoms with Crippen molar-refractivity contribution in [2.45, 2.75) is 6.61 Å². The Labute approximate surface area is 94.8 Å². The van der Waals surface area contributed by atoms with Gasteiger partial charge in [-0.3, -0.25) is 0 Å². The van der Waals surface area contributed by atoms with Gasteiger partial charge in [0, 0.05) is 5.56 Å². The van der Waals surface area contributed by atoms with Crippen LogP contribution >= 0.6 is 0 Å². The van der Waals surface area contributed by atoms with Crippen molar-refractivity contribution in [3.8, 4) is 17.1 Å². The van der Waals surface area contributed by atoms with Crippen molar-refractivity contribution in [1.82, 2.24) is 14.9 Å². The summed E-state index contributed by atoms with van der Waals surface area (Å²) in [5.74, 6) is 6.03. The number of hydrogen-bond donors (Lipinski definition) is 2. The van der Waals surface area contributed by atoms with Crippen molar-refractivity contribution in [2.75, 3.05) is 11.6 Å². The number of anilines is 1. The lowest BCUT2D eigenvalue weighted by molar-refractivity contribution is -0.0498. The number of alkyl halides is 2. The predicted molar refractivity (Wildman–Crippen MR) is 56.7 cm³/mol. The molecule has 0 amide bonds. The van der Waals surface area contributed by atoms with Gasteiger partial charge in [0.25, 0.3) is 0 Å². The van der Waals surface area contributed by atoms with Gasteiger partial charge < -0.3 is 16.3 Å². The zero-order valence-corrected chi connectivity index (χ0v) is 8.55. The molecular weight excluding hydrogens is 232 g/mol. The molecule has 0 fully saturated rings. The van der Waals surface area contributed by atoms with E-state index in [4.69, 9.17) is 11.6 Å².